The first-order valence-corrected chi connectivity index (χ1v) is 18.9. The lowest BCUT2D eigenvalue weighted by atomic mass is 10.1. The predicted molar refractivity (Wildman–Crippen MR) is 221 cm³/mol. The fourth-order valence-electron chi connectivity index (χ4n) is 6.45. The van der Waals surface area contributed by atoms with E-state index in [0.29, 0.717) is 109 Å². The maximum absolute atomic E-state index is 12.9. The summed E-state index contributed by atoms with van der Waals surface area (Å²) < 4.78 is 46.6. The zero-order valence-corrected chi connectivity index (χ0v) is 32.4. The van der Waals surface area contributed by atoms with Crippen LogP contribution in [0.3, 0.4) is 0 Å². The summed E-state index contributed by atoms with van der Waals surface area (Å²) in [5.41, 5.74) is 3.12. The van der Waals surface area contributed by atoms with Crippen molar-refractivity contribution in [2.24, 2.45) is 0 Å². The fourth-order valence-corrected chi connectivity index (χ4v) is 6.45. The molecule has 0 aliphatic carbocycles. The maximum Gasteiger partial charge on any atom is 0.235 e. The number of para-hydroxylation sites is 2. The Morgan fingerprint density at radius 3 is 1.43 bits per heavy atom. The molecule has 7 rings (SSSR count). The first-order chi connectivity index (χ1) is 28.5. The van der Waals surface area contributed by atoms with Crippen molar-refractivity contribution < 1.29 is 37.3 Å². The molecule has 0 saturated carbocycles. The molecule has 0 bridgehead atoms. The minimum atomic E-state index is -0.215. The molecule has 0 unspecified atom stereocenters. The average molecular weight is 785 g/mol. The second-order valence-corrected chi connectivity index (χ2v) is 13.2. The first kappa shape index (κ1) is 39.8. The van der Waals surface area contributed by atoms with Crippen LogP contribution in [0.4, 0.5) is 0 Å². The molecule has 0 aliphatic rings. The molecule has 0 fully saturated rings. The van der Waals surface area contributed by atoms with Crippen LogP contribution in [0.2, 0.25) is 0 Å². The third-order valence-corrected chi connectivity index (χ3v) is 9.41. The van der Waals surface area contributed by atoms with Gasteiger partial charge in [-0.05, 0) is 90.5 Å². The number of methoxy groups -OCH3 is 2. The summed E-state index contributed by atoms with van der Waals surface area (Å²) in [6, 6.07) is 32.9. The zero-order chi connectivity index (χ0) is 40.1. The highest BCUT2D eigenvalue weighted by Gasteiger charge is 2.18. The van der Waals surface area contributed by atoms with E-state index in [9.17, 15) is 9.59 Å². The van der Waals surface area contributed by atoms with Crippen LogP contribution in [0.25, 0.3) is 44.6 Å². The van der Waals surface area contributed by atoms with E-state index in [2.05, 4.69) is 9.88 Å². The van der Waals surface area contributed by atoms with Gasteiger partial charge in [-0.2, -0.15) is 0 Å². The van der Waals surface area contributed by atoms with E-state index in [-0.39, 0.29) is 22.4 Å². The van der Waals surface area contributed by atoms with Gasteiger partial charge in [0.05, 0.1) is 51.4 Å². The number of nitrogens with zero attached hydrogens (tertiary/aromatic N) is 2. The largest absolute Gasteiger partial charge is 0.491 e. The number of pyridine rings is 1. The zero-order valence-electron chi connectivity index (χ0n) is 32.4. The molecule has 4 aromatic carbocycles. The van der Waals surface area contributed by atoms with Gasteiger partial charge in [-0.3, -0.25) is 19.5 Å². The van der Waals surface area contributed by atoms with Crippen molar-refractivity contribution in [2.45, 2.75) is 6.54 Å². The van der Waals surface area contributed by atoms with E-state index in [1.807, 2.05) is 72.8 Å². The van der Waals surface area contributed by atoms with Gasteiger partial charge >= 0.3 is 0 Å². The maximum atomic E-state index is 12.9. The molecular formula is C46H44N2O10. The number of aromatic nitrogens is 1. The molecule has 0 aliphatic heterocycles. The molecule has 298 valence electrons. The molecule has 0 saturated heterocycles. The molecule has 12 nitrogen and oxygen atoms in total. The highest BCUT2D eigenvalue weighted by molar-refractivity contribution is 5.83. The molecule has 3 aromatic heterocycles. The van der Waals surface area contributed by atoms with Gasteiger partial charge in [0, 0.05) is 43.2 Å². The highest BCUT2D eigenvalue weighted by atomic mass is 16.5. The van der Waals surface area contributed by atoms with E-state index < -0.39 is 0 Å². The molecule has 7 aromatic rings. The summed E-state index contributed by atoms with van der Waals surface area (Å²) >= 11 is 0. The molecule has 0 spiro atoms. The van der Waals surface area contributed by atoms with Crippen molar-refractivity contribution in [3.8, 4) is 45.6 Å². The number of hydrogen-bond donors (Lipinski definition) is 0. The molecule has 0 atom stereocenters. The van der Waals surface area contributed by atoms with Crippen LogP contribution < -0.4 is 29.8 Å². The Balaban J connectivity index is 0.836. The van der Waals surface area contributed by atoms with Crippen LogP contribution in [0.5, 0.6) is 23.0 Å². The Morgan fingerprint density at radius 2 is 0.983 bits per heavy atom. The molecule has 0 radical (unpaired) electrons. The number of benzene rings is 4. The van der Waals surface area contributed by atoms with Gasteiger partial charge in [0.2, 0.25) is 22.4 Å². The Bertz CT molecular complexity index is 2360. The number of hydrogen-bond acceptors (Lipinski definition) is 12. The topological polar surface area (TPSA) is 132 Å². The Morgan fingerprint density at radius 1 is 0.534 bits per heavy atom. The van der Waals surface area contributed by atoms with E-state index in [1.165, 1.54) is 14.2 Å². The van der Waals surface area contributed by atoms with Gasteiger partial charge in [0.1, 0.15) is 35.9 Å². The lowest BCUT2D eigenvalue weighted by Crippen LogP contribution is -2.31. The average Bonchev–Trinajstić information content (AvgIpc) is 3.26. The van der Waals surface area contributed by atoms with Gasteiger partial charge in [-0.25, -0.2) is 0 Å². The van der Waals surface area contributed by atoms with Crippen LogP contribution in [-0.4, -0.2) is 76.8 Å². The lowest BCUT2D eigenvalue weighted by Gasteiger charge is -2.22. The van der Waals surface area contributed by atoms with Gasteiger partial charge < -0.3 is 37.3 Å². The number of fused-ring (bicyclic) bond motifs is 2. The van der Waals surface area contributed by atoms with Crippen LogP contribution in [0, 0.1) is 0 Å². The summed E-state index contributed by atoms with van der Waals surface area (Å²) in [5.74, 6) is 2.41. The van der Waals surface area contributed by atoms with Crippen molar-refractivity contribution in [3.63, 3.8) is 0 Å². The third kappa shape index (κ3) is 9.72. The lowest BCUT2D eigenvalue weighted by molar-refractivity contribution is 0.0534. The van der Waals surface area contributed by atoms with Crippen molar-refractivity contribution in [1.82, 2.24) is 9.88 Å². The predicted octanol–water partition coefficient (Wildman–Crippen LogP) is 7.64. The monoisotopic (exact) mass is 784 g/mol. The van der Waals surface area contributed by atoms with E-state index >= 15 is 0 Å². The quantitative estimate of drug-likeness (QED) is 0.0704. The minimum absolute atomic E-state index is 0.164. The third-order valence-electron chi connectivity index (χ3n) is 9.41. The van der Waals surface area contributed by atoms with Crippen molar-refractivity contribution in [1.29, 1.82) is 0 Å². The molecule has 0 amide bonds. The standard InChI is InChI=1S/C46H44N2O10/c1-51-45-41(49)37-7-3-5-9-39(37)57-43(45)33-11-15-35(16-12-33)55-29-27-53-25-23-48(31-32-19-21-47-22-20-32)24-26-54-28-30-56-36-17-13-34(14-18-36)44-46(52-2)42(50)38-8-4-6-10-40(38)58-44/h3-22H,23-31H2,1-2H3. The summed E-state index contributed by atoms with van der Waals surface area (Å²) in [4.78, 5) is 32.3. The molecule has 3 heterocycles. The molecule has 0 N–H and O–H groups in total. The van der Waals surface area contributed by atoms with Crippen LogP contribution in [0.1, 0.15) is 5.56 Å². The fraction of sp³-hybridized carbons (Fsp3) is 0.239. The van der Waals surface area contributed by atoms with Gasteiger partial charge in [-0.1, -0.05) is 24.3 Å². The van der Waals surface area contributed by atoms with Gasteiger partial charge in [0.15, 0.2) is 11.5 Å². The summed E-state index contributed by atoms with van der Waals surface area (Å²) in [5, 5.41) is 0.941. The van der Waals surface area contributed by atoms with Gasteiger partial charge in [-0.15, -0.1) is 0 Å². The Kier molecular flexibility index (Phi) is 13.4. The van der Waals surface area contributed by atoms with Crippen molar-refractivity contribution in [3.05, 3.63) is 148 Å². The van der Waals surface area contributed by atoms with E-state index in [0.717, 1.165) is 12.1 Å². The van der Waals surface area contributed by atoms with Crippen LogP contribution in [-0.2, 0) is 16.0 Å². The molecule has 58 heavy (non-hydrogen) atoms. The second-order valence-electron chi connectivity index (χ2n) is 13.2. The van der Waals surface area contributed by atoms with E-state index in [4.69, 9.17) is 37.3 Å². The van der Waals surface area contributed by atoms with Gasteiger partial charge in [0.25, 0.3) is 0 Å². The van der Waals surface area contributed by atoms with Crippen LogP contribution >= 0.6 is 0 Å². The smallest absolute Gasteiger partial charge is 0.235 e. The molecule has 12 heteroatoms. The first-order valence-electron chi connectivity index (χ1n) is 18.9. The van der Waals surface area contributed by atoms with Crippen molar-refractivity contribution in [2.75, 3.05) is 67.0 Å². The van der Waals surface area contributed by atoms with Crippen molar-refractivity contribution >= 4 is 21.9 Å². The number of ether oxygens (including phenoxy) is 6. The highest BCUT2D eigenvalue weighted by Crippen LogP contribution is 2.33. The second kappa shape index (κ2) is 19.6. The normalized spacial score (nSPS) is 11.3. The SMILES string of the molecule is COc1c(-c2ccc(OCCOCCN(CCOCCOc3ccc(-c4oc5ccccc5c(=O)c4OC)cc3)Cc3ccncc3)cc2)oc2ccccc2c1=O. The number of rotatable bonds is 20. The summed E-state index contributed by atoms with van der Waals surface area (Å²) in [6.45, 7) is 4.73. The Hall–Kier alpha value is -6.47. The summed E-state index contributed by atoms with van der Waals surface area (Å²) in [6.07, 6.45) is 3.58. The van der Waals surface area contributed by atoms with Crippen LogP contribution in [0.15, 0.2) is 140 Å². The summed E-state index contributed by atoms with van der Waals surface area (Å²) in [7, 11) is 2.93. The molecular weight excluding hydrogens is 741 g/mol. The minimum Gasteiger partial charge on any atom is -0.491 e. The van der Waals surface area contributed by atoms with E-state index in [1.54, 1.807) is 48.8 Å². The Labute approximate surface area is 335 Å².